The van der Waals surface area contributed by atoms with E-state index in [0.717, 1.165) is 19.4 Å². The summed E-state index contributed by atoms with van der Waals surface area (Å²) in [5, 5.41) is 0. The summed E-state index contributed by atoms with van der Waals surface area (Å²) in [5.74, 6) is 2.50. The van der Waals surface area contributed by atoms with Crippen molar-refractivity contribution in [2.24, 2.45) is 0 Å². The van der Waals surface area contributed by atoms with E-state index in [0.29, 0.717) is 23.6 Å². The van der Waals surface area contributed by atoms with Crippen molar-refractivity contribution in [3.8, 4) is 22.8 Å². The first-order valence-electron chi connectivity index (χ1n) is 10.5. The highest BCUT2D eigenvalue weighted by Gasteiger charge is 2.27. The molecule has 0 atom stereocenters. The van der Waals surface area contributed by atoms with Crippen LogP contribution in [0.1, 0.15) is 41.0 Å². The lowest BCUT2D eigenvalue weighted by Gasteiger charge is -2.09. The fourth-order valence-electron chi connectivity index (χ4n) is 4.19. The normalized spacial score (nSPS) is 13.4. The Morgan fingerprint density at radius 1 is 1.00 bits per heavy atom. The van der Waals surface area contributed by atoms with Gasteiger partial charge in [-0.15, -0.1) is 0 Å². The van der Waals surface area contributed by atoms with Crippen LogP contribution in [0.2, 0.25) is 0 Å². The summed E-state index contributed by atoms with van der Waals surface area (Å²) >= 11 is 0. The Morgan fingerprint density at radius 2 is 1.77 bits per heavy atom. The zero-order chi connectivity index (χ0) is 21.1. The van der Waals surface area contributed by atoms with Gasteiger partial charge in [-0.3, -0.25) is 4.79 Å². The number of aromatic nitrogens is 2. The van der Waals surface area contributed by atoms with E-state index >= 15 is 0 Å². The van der Waals surface area contributed by atoms with Gasteiger partial charge in [0.25, 0.3) is 5.82 Å². The van der Waals surface area contributed by atoms with E-state index in [-0.39, 0.29) is 5.78 Å². The molecule has 0 amide bonds. The van der Waals surface area contributed by atoms with E-state index in [4.69, 9.17) is 9.47 Å². The number of fused-ring (bicyclic) bond motifs is 1. The lowest BCUT2D eigenvalue weighted by molar-refractivity contribution is -0.690. The Balaban J connectivity index is 1.69. The summed E-state index contributed by atoms with van der Waals surface area (Å²) in [6.07, 6.45) is 6.68. The summed E-state index contributed by atoms with van der Waals surface area (Å²) in [6, 6.07) is 14.0. The van der Waals surface area contributed by atoms with E-state index in [1.165, 1.54) is 35.5 Å². The molecule has 0 unspecified atom stereocenters. The molecule has 0 saturated heterocycles. The number of ketones is 1. The van der Waals surface area contributed by atoms with Crippen molar-refractivity contribution in [3.05, 3.63) is 65.6 Å². The van der Waals surface area contributed by atoms with Crippen LogP contribution in [-0.4, -0.2) is 24.6 Å². The van der Waals surface area contributed by atoms with Gasteiger partial charge in [0, 0.05) is 17.5 Å². The first-order valence-corrected chi connectivity index (χ1v) is 10.5. The summed E-state index contributed by atoms with van der Waals surface area (Å²) in [5.41, 5.74) is 4.26. The molecular formula is C25H29N2O3+. The molecule has 1 aliphatic heterocycles. The van der Waals surface area contributed by atoms with Gasteiger partial charge in [-0.2, -0.15) is 0 Å². The Labute approximate surface area is 177 Å². The summed E-state index contributed by atoms with van der Waals surface area (Å²) < 4.78 is 15.2. The molecule has 3 aromatic rings. The number of carbonyl (C=O) groups excluding carboxylic acids is 1. The van der Waals surface area contributed by atoms with E-state index in [1.807, 2.05) is 0 Å². The van der Waals surface area contributed by atoms with Crippen LogP contribution in [0.25, 0.3) is 11.3 Å². The highest BCUT2D eigenvalue weighted by atomic mass is 16.5. The third kappa shape index (κ3) is 3.97. The lowest BCUT2D eigenvalue weighted by atomic mass is 10.1. The molecule has 30 heavy (non-hydrogen) atoms. The van der Waals surface area contributed by atoms with E-state index in [9.17, 15) is 4.79 Å². The maximum atomic E-state index is 13.1. The topological polar surface area (TPSA) is 44.3 Å². The van der Waals surface area contributed by atoms with Crippen molar-refractivity contribution in [3.63, 3.8) is 0 Å². The van der Waals surface area contributed by atoms with Crippen molar-refractivity contribution in [1.29, 1.82) is 0 Å². The van der Waals surface area contributed by atoms with Gasteiger partial charge >= 0.3 is 0 Å². The number of benzene rings is 2. The predicted molar refractivity (Wildman–Crippen MR) is 116 cm³/mol. The summed E-state index contributed by atoms with van der Waals surface area (Å²) in [4.78, 5) is 13.1. The minimum absolute atomic E-state index is 0.0639. The number of rotatable bonds is 6. The Morgan fingerprint density at radius 3 is 2.50 bits per heavy atom. The van der Waals surface area contributed by atoms with Crippen molar-refractivity contribution in [2.45, 2.75) is 45.7 Å². The average Bonchev–Trinajstić information content (AvgIpc) is 2.94. The fourth-order valence-corrected chi connectivity index (χ4v) is 4.19. The zero-order valence-electron chi connectivity index (χ0n) is 18.0. The van der Waals surface area contributed by atoms with Crippen molar-refractivity contribution >= 4 is 5.78 Å². The van der Waals surface area contributed by atoms with Gasteiger partial charge in [-0.25, -0.2) is 9.13 Å². The predicted octanol–water partition coefficient (Wildman–Crippen LogP) is 4.38. The number of carbonyl (C=O) groups is 1. The first kappa shape index (κ1) is 20.2. The molecule has 1 aliphatic rings. The van der Waals surface area contributed by atoms with Crippen molar-refractivity contribution in [1.82, 2.24) is 4.57 Å². The lowest BCUT2D eigenvalue weighted by Crippen LogP contribution is -2.40. The van der Waals surface area contributed by atoms with Gasteiger partial charge in [-0.05, 0) is 44.4 Å². The Kier molecular flexibility index (Phi) is 5.88. The summed E-state index contributed by atoms with van der Waals surface area (Å²) in [7, 11) is 3.18. The molecule has 0 bridgehead atoms. The highest BCUT2D eigenvalue weighted by molar-refractivity contribution is 5.95. The molecule has 1 aromatic heterocycles. The first-order chi connectivity index (χ1) is 14.6. The Bertz CT molecular complexity index is 1050. The number of ether oxygens (including phenoxy) is 2. The van der Waals surface area contributed by atoms with Gasteiger partial charge in [0.15, 0.2) is 23.7 Å². The molecule has 0 saturated carbocycles. The van der Waals surface area contributed by atoms with Crippen LogP contribution < -0.4 is 14.0 Å². The minimum atomic E-state index is 0.0639. The van der Waals surface area contributed by atoms with E-state index < -0.39 is 0 Å². The molecule has 5 nitrogen and oxygen atoms in total. The standard InChI is InChI=1S/C25H29N2O3/c1-18-8-10-19(11-9-18)21-16-26(25-7-5-4-6-14-27(21)25)17-22(28)20-12-13-23(29-2)24(15-20)30-3/h8-13,15-16H,4-7,14,17H2,1-3H3/q+1. The van der Waals surface area contributed by atoms with Crippen molar-refractivity contribution in [2.75, 3.05) is 14.2 Å². The van der Waals surface area contributed by atoms with Gasteiger partial charge < -0.3 is 9.47 Å². The van der Waals surface area contributed by atoms with Crippen LogP contribution in [-0.2, 0) is 19.5 Å². The SMILES string of the molecule is COc1ccc(C(=O)C[n+]2cc(-c3ccc(C)cc3)n3c2CCCCC3)cc1OC. The third-order valence-corrected chi connectivity index (χ3v) is 5.86. The number of nitrogens with zero attached hydrogens (tertiary/aromatic N) is 2. The van der Waals surface area contributed by atoms with Crippen LogP contribution >= 0.6 is 0 Å². The van der Waals surface area contributed by atoms with Crippen LogP contribution in [0.4, 0.5) is 0 Å². The Hall–Kier alpha value is -3.08. The highest BCUT2D eigenvalue weighted by Crippen LogP contribution is 2.28. The summed E-state index contributed by atoms with van der Waals surface area (Å²) in [6.45, 7) is 3.41. The maximum Gasteiger partial charge on any atom is 0.257 e. The number of hydrogen-bond donors (Lipinski definition) is 0. The monoisotopic (exact) mass is 405 g/mol. The smallest absolute Gasteiger partial charge is 0.257 e. The van der Waals surface area contributed by atoms with Gasteiger partial charge in [0.2, 0.25) is 5.78 Å². The quantitative estimate of drug-likeness (QED) is 0.452. The van der Waals surface area contributed by atoms with Crippen LogP contribution in [0, 0.1) is 6.92 Å². The molecule has 4 rings (SSSR count). The van der Waals surface area contributed by atoms with Gasteiger partial charge in [0.1, 0.15) is 6.20 Å². The molecular weight excluding hydrogens is 376 g/mol. The second-order valence-electron chi connectivity index (χ2n) is 7.88. The molecule has 156 valence electrons. The second kappa shape index (κ2) is 8.74. The number of methoxy groups -OCH3 is 2. The van der Waals surface area contributed by atoms with Crippen LogP contribution in [0.5, 0.6) is 11.5 Å². The van der Waals surface area contributed by atoms with Gasteiger partial charge in [0.05, 0.1) is 20.8 Å². The largest absolute Gasteiger partial charge is 0.493 e. The fraction of sp³-hybridized carbons (Fsp3) is 0.360. The molecule has 0 N–H and O–H groups in total. The maximum absolute atomic E-state index is 13.1. The zero-order valence-corrected chi connectivity index (χ0v) is 18.0. The molecule has 2 heterocycles. The average molecular weight is 406 g/mol. The molecule has 0 spiro atoms. The van der Waals surface area contributed by atoms with Gasteiger partial charge in [-0.1, -0.05) is 29.8 Å². The number of imidazole rings is 1. The third-order valence-electron chi connectivity index (χ3n) is 5.86. The van der Waals surface area contributed by atoms with E-state index in [2.05, 4.69) is 46.5 Å². The molecule has 2 aromatic carbocycles. The van der Waals surface area contributed by atoms with Crippen LogP contribution in [0.15, 0.2) is 48.7 Å². The molecule has 0 aliphatic carbocycles. The minimum Gasteiger partial charge on any atom is -0.493 e. The second-order valence-corrected chi connectivity index (χ2v) is 7.88. The molecule has 0 fully saturated rings. The number of Topliss-reactive ketones (excluding diaryl/α,β-unsaturated/α-hetero) is 1. The van der Waals surface area contributed by atoms with Crippen LogP contribution in [0.3, 0.4) is 0 Å². The molecule has 0 radical (unpaired) electrons. The number of aryl methyl sites for hydroxylation is 1. The number of hydrogen-bond acceptors (Lipinski definition) is 3. The van der Waals surface area contributed by atoms with Crippen molar-refractivity contribution < 1.29 is 18.8 Å². The van der Waals surface area contributed by atoms with E-state index in [1.54, 1.807) is 32.4 Å². The molecule has 5 heteroatoms.